The molecule has 1 aliphatic rings. The molecule has 5 heteroatoms. The molecule has 4 nitrogen and oxygen atoms in total. The standard InChI is InChI=1S/C14H18N2O2S/c17-6-4-11-3-5-16(8-11)9-12-10-19-14(15-12)13-2-1-7-18-13/h1-2,7,10-11,17H,3-6,8-9H2. The van der Waals surface area contributed by atoms with Crippen LogP contribution in [0.3, 0.4) is 0 Å². The summed E-state index contributed by atoms with van der Waals surface area (Å²) in [5.41, 5.74) is 1.11. The Morgan fingerprint density at radius 1 is 1.53 bits per heavy atom. The van der Waals surface area contributed by atoms with E-state index in [0.29, 0.717) is 12.5 Å². The fourth-order valence-electron chi connectivity index (χ4n) is 2.60. The molecule has 1 N–H and O–H groups in total. The highest BCUT2D eigenvalue weighted by atomic mass is 32.1. The molecule has 102 valence electrons. The van der Waals surface area contributed by atoms with E-state index in [1.165, 1.54) is 6.42 Å². The van der Waals surface area contributed by atoms with Crippen LogP contribution in [0.4, 0.5) is 0 Å². The average Bonchev–Trinajstić information content (AvgIpc) is 3.10. The van der Waals surface area contributed by atoms with Crippen LogP contribution in [-0.4, -0.2) is 34.7 Å². The van der Waals surface area contributed by atoms with Gasteiger partial charge in [0.25, 0.3) is 0 Å². The van der Waals surface area contributed by atoms with Gasteiger partial charge in [-0.3, -0.25) is 4.90 Å². The minimum Gasteiger partial charge on any atom is -0.462 e. The van der Waals surface area contributed by atoms with Gasteiger partial charge in [0.2, 0.25) is 0 Å². The third kappa shape index (κ3) is 3.05. The molecule has 0 bridgehead atoms. The summed E-state index contributed by atoms with van der Waals surface area (Å²) >= 11 is 1.63. The van der Waals surface area contributed by atoms with Gasteiger partial charge in [0, 0.05) is 25.1 Å². The van der Waals surface area contributed by atoms with Gasteiger partial charge >= 0.3 is 0 Å². The van der Waals surface area contributed by atoms with Crippen molar-refractivity contribution in [2.45, 2.75) is 19.4 Å². The highest BCUT2D eigenvalue weighted by Crippen LogP contribution is 2.26. The van der Waals surface area contributed by atoms with Gasteiger partial charge in [-0.2, -0.15) is 0 Å². The zero-order valence-corrected chi connectivity index (χ0v) is 11.6. The molecular formula is C14H18N2O2S. The molecule has 3 rings (SSSR count). The number of aliphatic hydroxyl groups is 1. The molecule has 1 aliphatic heterocycles. The lowest BCUT2D eigenvalue weighted by atomic mass is 10.1. The van der Waals surface area contributed by atoms with Crippen LogP contribution in [-0.2, 0) is 6.54 Å². The molecular weight excluding hydrogens is 260 g/mol. The molecule has 0 saturated carbocycles. The Morgan fingerprint density at radius 3 is 3.26 bits per heavy atom. The summed E-state index contributed by atoms with van der Waals surface area (Å²) in [5.74, 6) is 1.49. The van der Waals surface area contributed by atoms with E-state index in [1.807, 2.05) is 12.1 Å². The van der Waals surface area contributed by atoms with Gasteiger partial charge in [0.1, 0.15) is 0 Å². The van der Waals surface area contributed by atoms with Crippen molar-refractivity contribution in [2.75, 3.05) is 19.7 Å². The Balaban J connectivity index is 1.59. The Hall–Kier alpha value is -1.17. The second kappa shape index (κ2) is 5.86. The lowest BCUT2D eigenvalue weighted by Crippen LogP contribution is -2.20. The third-order valence-electron chi connectivity index (χ3n) is 3.58. The summed E-state index contributed by atoms with van der Waals surface area (Å²) in [5, 5.41) is 12.0. The Kier molecular flexibility index (Phi) is 3.96. The van der Waals surface area contributed by atoms with Crippen molar-refractivity contribution >= 4 is 11.3 Å². The predicted molar refractivity (Wildman–Crippen MR) is 74.9 cm³/mol. The fraction of sp³-hybridized carbons (Fsp3) is 0.500. The van der Waals surface area contributed by atoms with Gasteiger partial charge in [-0.25, -0.2) is 4.98 Å². The maximum Gasteiger partial charge on any atom is 0.162 e. The van der Waals surface area contributed by atoms with Crippen LogP contribution in [0, 0.1) is 5.92 Å². The average molecular weight is 278 g/mol. The number of furan rings is 1. The molecule has 0 aromatic carbocycles. The third-order valence-corrected chi connectivity index (χ3v) is 4.48. The minimum atomic E-state index is 0.303. The summed E-state index contributed by atoms with van der Waals surface area (Å²) in [6, 6.07) is 3.83. The number of aromatic nitrogens is 1. The monoisotopic (exact) mass is 278 g/mol. The molecule has 1 saturated heterocycles. The molecule has 1 fully saturated rings. The van der Waals surface area contributed by atoms with Crippen LogP contribution in [0.1, 0.15) is 18.5 Å². The lowest BCUT2D eigenvalue weighted by Gasteiger charge is -2.13. The van der Waals surface area contributed by atoms with Crippen molar-refractivity contribution in [2.24, 2.45) is 5.92 Å². The molecule has 19 heavy (non-hydrogen) atoms. The number of thiazole rings is 1. The normalized spacial score (nSPS) is 20.2. The summed E-state index contributed by atoms with van der Waals surface area (Å²) in [7, 11) is 0. The van der Waals surface area contributed by atoms with E-state index in [1.54, 1.807) is 17.6 Å². The summed E-state index contributed by atoms with van der Waals surface area (Å²) in [6.07, 6.45) is 3.79. The van der Waals surface area contributed by atoms with Gasteiger partial charge in [0.05, 0.1) is 12.0 Å². The highest BCUT2D eigenvalue weighted by molar-refractivity contribution is 7.13. The van der Waals surface area contributed by atoms with Gasteiger partial charge in [-0.15, -0.1) is 11.3 Å². The first kappa shape index (κ1) is 12.8. The van der Waals surface area contributed by atoms with Crippen LogP contribution in [0.15, 0.2) is 28.2 Å². The van der Waals surface area contributed by atoms with E-state index < -0.39 is 0 Å². The van der Waals surface area contributed by atoms with E-state index in [2.05, 4.69) is 15.3 Å². The molecule has 0 radical (unpaired) electrons. The van der Waals surface area contributed by atoms with Crippen LogP contribution in [0.2, 0.25) is 0 Å². The number of rotatable bonds is 5. The number of hydrogen-bond donors (Lipinski definition) is 1. The molecule has 3 heterocycles. The SMILES string of the molecule is OCCC1CCN(Cc2csc(-c3ccco3)n2)C1. The van der Waals surface area contributed by atoms with E-state index >= 15 is 0 Å². The lowest BCUT2D eigenvalue weighted by molar-refractivity contribution is 0.249. The highest BCUT2D eigenvalue weighted by Gasteiger charge is 2.22. The molecule has 2 aromatic heterocycles. The smallest absolute Gasteiger partial charge is 0.162 e. The summed E-state index contributed by atoms with van der Waals surface area (Å²) in [4.78, 5) is 7.04. The van der Waals surface area contributed by atoms with Crippen molar-refractivity contribution in [3.05, 3.63) is 29.5 Å². The molecule has 0 spiro atoms. The molecule has 1 atom stereocenters. The summed E-state index contributed by atoms with van der Waals surface area (Å²) in [6.45, 7) is 3.39. The van der Waals surface area contributed by atoms with E-state index in [4.69, 9.17) is 9.52 Å². The Labute approximate surface area is 116 Å². The number of aliphatic hydroxyl groups excluding tert-OH is 1. The number of likely N-dealkylation sites (tertiary alicyclic amines) is 1. The van der Waals surface area contributed by atoms with Crippen LogP contribution < -0.4 is 0 Å². The zero-order valence-electron chi connectivity index (χ0n) is 10.8. The van der Waals surface area contributed by atoms with E-state index in [0.717, 1.165) is 42.5 Å². The van der Waals surface area contributed by atoms with Crippen molar-refractivity contribution < 1.29 is 9.52 Å². The van der Waals surface area contributed by atoms with Gasteiger partial charge in [-0.1, -0.05) is 0 Å². The minimum absolute atomic E-state index is 0.303. The number of nitrogens with zero attached hydrogens (tertiary/aromatic N) is 2. The topological polar surface area (TPSA) is 49.5 Å². The first-order chi connectivity index (χ1) is 9.35. The zero-order chi connectivity index (χ0) is 13.1. The van der Waals surface area contributed by atoms with Gasteiger partial charge < -0.3 is 9.52 Å². The maximum atomic E-state index is 8.97. The molecule has 1 unspecified atom stereocenters. The van der Waals surface area contributed by atoms with Crippen molar-refractivity contribution in [1.82, 2.24) is 9.88 Å². The van der Waals surface area contributed by atoms with Crippen molar-refractivity contribution in [1.29, 1.82) is 0 Å². The van der Waals surface area contributed by atoms with Crippen molar-refractivity contribution in [3.63, 3.8) is 0 Å². The largest absolute Gasteiger partial charge is 0.462 e. The Morgan fingerprint density at radius 2 is 2.47 bits per heavy atom. The predicted octanol–water partition coefficient (Wildman–Crippen LogP) is 2.61. The molecule has 2 aromatic rings. The van der Waals surface area contributed by atoms with Gasteiger partial charge in [-0.05, 0) is 37.4 Å². The van der Waals surface area contributed by atoms with Crippen LogP contribution in [0.5, 0.6) is 0 Å². The number of hydrogen-bond acceptors (Lipinski definition) is 5. The first-order valence-corrected chi connectivity index (χ1v) is 7.54. The second-order valence-electron chi connectivity index (χ2n) is 5.02. The molecule has 0 amide bonds. The quantitative estimate of drug-likeness (QED) is 0.913. The fourth-order valence-corrected chi connectivity index (χ4v) is 3.37. The Bertz CT molecular complexity index is 509. The molecule has 0 aliphatic carbocycles. The van der Waals surface area contributed by atoms with E-state index in [9.17, 15) is 0 Å². The van der Waals surface area contributed by atoms with Crippen LogP contribution >= 0.6 is 11.3 Å². The second-order valence-corrected chi connectivity index (χ2v) is 5.88. The van der Waals surface area contributed by atoms with Gasteiger partial charge in [0.15, 0.2) is 10.8 Å². The maximum absolute atomic E-state index is 8.97. The summed E-state index contributed by atoms with van der Waals surface area (Å²) < 4.78 is 5.36. The van der Waals surface area contributed by atoms with Crippen LogP contribution in [0.25, 0.3) is 10.8 Å². The first-order valence-electron chi connectivity index (χ1n) is 6.66. The van der Waals surface area contributed by atoms with E-state index in [-0.39, 0.29) is 0 Å². The van der Waals surface area contributed by atoms with Crippen molar-refractivity contribution in [3.8, 4) is 10.8 Å².